The van der Waals surface area contributed by atoms with Crippen LogP contribution in [0.2, 0.25) is 5.02 Å². The summed E-state index contributed by atoms with van der Waals surface area (Å²) in [4.78, 5) is 0. The summed E-state index contributed by atoms with van der Waals surface area (Å²) in [6.45, 7) is 0. The van der Waals surface area contributed by atoms with Gasteiger partial charge in [0.05, 0.1) is 0 Å². The molecule has 2 rings (SSSR count). The highest BCUT2D eigenvalue weighted by molar-refractivity contribution is 9.10. The van der Waals surface area contributed by atoms with Crippen molar-refractivity contribution in [1.82, 2.24) is 0 Å². The Bertz CT molecular complexity index is 572. The van der Waals surface area contributed by atoms with Crippen molar-refractivity contribution in [3.63, 3.8) is 0 Å². The standard InChI is InChI=1S/C15H12BrCl2F/c16-12-5-6-15(19)10(8-12)7-11(9-17)13-3-1-2-4-14(13)18/h1-6,8,11H,7,9H2. The first kappa shape index (κ1) is 14.8. The normalized spacial score (nSPS) is 12.4. The quantitative estimate of drug-likeness (QED) is 0.603. The average Bonchev–Trinajstić information content (AvgIpc) is 2.41. The van der Waals surface area contributed by atoms with Gasteiger partial charge in [-0.2, -0.15) is 0 Å². The second-order valence-electron chi connectivity index (χ2n) is 4.31. The fraction of sp³-hybridized carbons (Fsp3) is 0.200. The maximum atomic E-state index is 13.8. The van der Waals surface area contributed by atoms with Crippen molar-refractivity contribution in [2.45, 2.75) is 12.3 Å². The molecule has 0 aromatic heterocycles. The number of rotatable bonds is 4. The number of hydrogen-bond acceptors (Lipinski definition) is 0. The Kier molecular flexibility index (Phi) is 5.26. The van der Waals surface area contributed by atoms with Crippen LogP contribution in [-0.2, 0) is 6.42 Å². The van der Waals surface area contributed by atoms with Crippen molar-refractivity contribution in [2.24, 2.45) is 0 Å². The van der Waals surface area contributed by atoms with E-state index in [0.717, 1.165) is 10.0 Å². The zero-order chi connectivity index (χ0) is 13.8. The van der Waals surface area contributed by atoms with Gasteiger partial charge in [-0.05, 0) is 41.8 Å². The van der Waals surface area contributed by atoms with Crippen LogP contribution in [-0.4, -0.2) is 5.88 Å². The molecule has 0 spiro atoms. The lowest BCUT2D eigenvalue weighted by Gasteiger charge is -2.16. The summed E-state index contributed by atoms with van der Waals surface area (Å²) in [6, 6.07) is 12.5. The van der Waals surface area contributed by atoms with Gasteiger partial charge in [-0.3, -0.25) is 0 Å². The minimum absolute atomic E-state index is 0.000772. The van der Waals surface area contributed by atoms with Gasteiger partial charge in [-0.1, -0.05) is 45.7 Å². The van der Waals surface area contributed by atoms with E-state index < -0.39 is 0 Å². The first-order valence-electron chi connectivity index (χ1n) is 5.86. The molecule has 0 nitrogen and oxygen atoms in total. The van der Waals surface area contributed by atoms with E-state index >= 15 is 0 Å². The highest BCUT2D eigenvalue weighted by Gasteiger charge is 2.16. The lowest BCUT2D eigenvalue weighted by Crippen LogP contribution is -2.07. The first-order chi connectivity index (χ1) is 9.11. The van der Waals surface area contributed by atoms with E-state index in [2.05, 4.69) is 15.9 Å². The van der Waals surface area contributed by atoms with Gasteiger partial charge in [-0.25, -0.2) is 4.39 Å². The molecule has 0 saturated heterocycles. The van der Waals surface area contributed by atoms with E-state index in [4.69, 9.17) is 23.2 Å². The molecule has 0 saturated carbocycles. The molecule has 0 aliphatic heterocycles. The lowest BCUT2D eigenvalue weighted by molar-refractivity contribution is 0.598. The van der Waals surface area contributed by atoms with Crippen LogP contribution in [0.3, 0.4) is 0 Å². The second kappa shape index (κ2) is 6.74. The summed E-state index contributed by atoms with van der Waals surface area (Å²) in [6.07, 6.45) is 0.526. The molecule has 2 aromatic carbocycles. The Hall–Kier alpha value is -0.570. The highest BCUT2D eigenvalue weighted by atomic mass is 79.9. The summed E-state index contributed by atoms with van der Waals surface area (Å²) < 4.78 is 14.6. The zero-order valence-electron chi connectivity index (χ0n) is 10.0. The third kappa shape index (κ3) is 3.71. The van der Waals surface area contributed by atoms with E-state index in [9.17, 15) is 4.39 Å². The number of benzene rings is 2. The Morgan fingerprint density at radius 2 is 1.89 bits per heavy atom. The van der Waals surface area contributed by atoms with Crippen LogP contribution in [0.25, 0.3) is 0 Å². The van der Waals surface area contributed by atoms with Gasteiger partial charge >= 0.3 is 0 Å². The summed E-state index contributed by atoms with van der Waals surface area (Å²) in [5.74, 6) is 0.180. The van der Waals surface area contributed by atoms with Gasteiger partial charge in [0.25, 0.3) is 0 Å². The largest absolute Gasteiger partial charge is 0.207 e. The molecule has 0 amide bonds. The molecule has 1 unspecified atom stereocenters. The third-order valence-corrected chi connectivity index (χ3v) is 4.22. The van der Waals surface area contributed by atoms with Crippen LogP contribution in [0.15, 0.2) is 46.9 Å². The number of hydrogen-bond donors (Lipinski definition) is 0. The third-order valence-electron chi connectivity index (χ3n) is 3.01. The van der Waals surface area contributed by atoms with Crippen LogP contribution in [0.1, 0.15) is 17.0 Å². The summed E-state index contributed by atoms with van der Waals surface area (Å²) >= 11 is 15.5. The van der Waals surface area contributed by atoms with Crippen LogP contribution >= 0.6 is 39.1 Å². The van der Waals surface area contributed by atoms with E-state index in [1.54, 1.807) is 12.1 Å². The molecule has 0 aliphatic carbocycles. The number of alkyl halides is 1. The van der Waals surface area contributed by atoms with Crippen molar-refractivity contribution in [1.29, 1.82) is 0 Å². The van der Waals surface area contributed by atoms with Crippen LogP contribution in [0.5, 0.6) is 0 Å². The lowest BCUT2D eigenvalue weighted by atomic mass is 9.93. The fourth-order valence-electron chi connectivity index (χ4n) is 2.02. The van der Waals surface area contributed by atoms with E-state index in [0.29, 0.717) is 22.9 Å². The van der Waals surface area contributed by atoms with Crippen molar-refractivity contribution in [3.8, 4) is 0 Å². The summed E-state index contributed by atoms with van der Waals surface area (Å²) in [5.41, 5.74) is 1.60. The molecule has 2 aromatic rings. The van der Waals surface area contributed by atoms with Gasteiger partial charge in [0.15, 0.2) is 0 Å². The Labute approximate surface area is 130 Å². The van der Waals surface area contributed by atoms with Crippen molar-refractivity contribution in [3.05, 3.63) is 68.9 Å². The zero-order valence-corrected chi connectivity index (χ0v) is 13.1. The Morgan fingerprint density at radius 1 is 1.16 bits per heavy atom. The van der Waals surface area contributed by atoms with E-state index in [1.165, 1.54) is 6.07 Å². The molecule has 0 heterocycles. The molecule has 0 bridgehead atoms. The Balaban J connectivity index is 2.29. The minimum atomic E-state index is -0.217. The molecule has 0 aliphatic rings. The topological polar surface area (TPSA) is 0 Å². The molecular weight excluding hydrogens is 350 g/mol. The predicted molar refractivity (Wildman–Crippen MR) is 82.7 cm³/mol. The molecular formula is C15H12BrCl2F. The Morgan fingerprint density at radius 3 is 2.58 bits per heavy atom. The molecule has 100 valence electrons. The van der Waals surface area contributed by atoms with Crippen molar-refractivity contribution >= 4 is 39.1 Å². The first-order valence-corrected chi connectivity index (χ1v) is 7.56. The second-order valence-corrected chi connectivity index (χ2v) is 5.94. The van der Waals surface area contributed by atoms with Crippen LogP contribution in [0, 0.1) is 5.82 Å². The van der Waals surface area contributed by atoms with Gasteiger partial charge < -0.3 is 0 Å². The van der Waals surface area contributed by atoms with Crippen LogP contribution < -0.4 is 0 Å². The van der Waals surface area contributed by atoms with Crippen LogP contribution in [0.4, 0.5) is 4.39 Å². The molecule has 0 N–H and O–H groups in total. The maximum Gasteiger partial charge on any atom is 0.126 e. The van der Waals surface area contributed by atoms with Gasteiger partial charge in [0.1, 0.15) is 5.82 Å². The van der Waals surface area contributed by atoms with Crippen molar-refractivity contribution < 1.29 is 4.39 Å². The monoisotopic (exact) mass is 360 g/mol. The highest BCUT2D eigenvalue weighted by Crippen LogP contribution is 2.30. The minimum Gasteiger partial charge on any atom is -0.207 e. The molecule has 4 heteroatoms. The van der Waals surface area contributed by atoms with E-state index in [1.807, 2.05) is 24.3 Å². The SMILES string of the molecule is Fc1ccc(Br)cc1CC(CCl)c1ccccc1Cl. The maximum absolute atomic E-state index is 13.8. The average molecular weight is 362 g/mol. The fourth-order valence-corrected chi connectivity index (χ4v) is 2.99. The summed E-state index contributed by atoms with van der Waals surface area (Å²) in [5, 5.41) is 0.670. The van der Waals surface area contributed by atoms with Crippen molar-refractivity contribution in [2.75, 3.05) is 5.88 Å². The van der Waals surface area contributed by atoms with Gasteiger partial charge in [0, 0.05) is 21.3 Å². The molecule has 0 radical (unpaired) electrons. The summed E-state index contributed by atoms with van der Waals surface area (Å²) in [7, 11) is 0. The predicted octanol–water partition coefficient (Wildman–Crippen LogP) is 5.81. The van der Waals surface area contributed by atoms with Gasteiger partial charge in [0.2, 0.25) is 0 Å². The van der Waals surface area contributed by atoms with E-state index in [-0.39, 0.29) is 11.7 Å². The van der Waals surface area contributed by atoms with Gasteiger partial charge in [-0.15, -0.1) is 11.6 Å². The number of halogens is 4. The molecule has 1 atom stereocenters. The molecule has 19 heavy (non-hydrogen) atoms. The smallest absolute Gasteiger partial charge is 0.126 e. The molecule has 0 fully saturated rings.